The maximum absolute atomic E-state index is 14.5. The lowest BCUT2D eigenvalue weighted by atomic mass is 10.0. The molecule has 0 aromatic heterocycles. The first kappa shape index (κ1) is 17.8. The molecule has 1 saturated heterocycles. The van der Waals surface area contributed by atoms with Gasteiger partial charge in [-0.3, -0.25) is 0 Å². The van der Waals surface area contributed by atoms with Gasteiger partial charge < -0.3 is 19.9 Å². The van der Waals surface area contributed by atoms with Crippen molar-refractivity contribution in [3.8, 4) is 5.75 Å². The van der Waals surface area contributed by atoms with Crippen molar-refractivity contribution in [3.05, 3.63) is 28.0 Å². The van der Waals surface area contributed by atoms with E-state index < -0.39 is 24.1 Å². The van der Waals surface area contributed by atoms with E-state index in [1.54, 1.807) is 6.92 Å². The summed E-state index contributed by atoms with van der Waals surface area (Å²) in [5.41, 5.74) is 2.35. The number of nitrogens with one attached hydrogen (secondary N) is 2. The van der Waals surface area contributed by atoms with Crippen LogP contribution in [-0.4, -0.2) is 36.7 Å². The third-order valence-corrected chi connectivity index (χ3v) is 3.41. The summed E-state index contributed by atoms with van der Waals surface area (Å²) in [5, 5.41) is 14.2. The second kappa shape index (κ2) is 7.82. The van der Waals surface area contributed by atoms with Gasteiger partial charge in [-0.15, -0.1) is 0 Å². The normalized spacial score (nSPS) is 16.8. The van der Waals surface area contributed by atoms with Gasteiger partial charge in [-0.05, 0) is 13.0 Å². The largest absolute Gasteiger partial charge is 0.493 e. The van der Waals surface area contributed by atoms with Crippen LogP contribution < -0.4 is 15.5 Å². The van der Waals surface area contributed by atoms with Crippen molar-refractivity contribution >= 4 is 30.0 Å². The van der Waals surface area contributed by atoms with Crippen LogP contribution in [0.2, 0.25) is 5.02 Å². The number of carbonyl (C=O) groups excluding carboxylic acids is 1. The fraction of sp³-hybridized carbons (Fsp3) is 0.357. The van der Waals surface area contributed by atoms with E-state index in [2.05, 4.69) is 10.4 Å². The van der Waals surface area contributed by atoms with Gasteiger partial charge in [0.15, 0.2) is 11.9 Å². The van der Waals surface area contributed by atoms with Crippen LogP contribution >= 0.6 is 11.6 Å². The Kier molecular flexibility index (Phi) is 5.80. The van der Waals surface area contributed by atoms with E-state index in [0.29, 0.717) is 5.56 Å². The number of amides is 2. The first-order valence-corrected chi connectivity index (χ1v) is 7.40. The molecule has 130 valence electrons. The van der Waals surface area contributed by atoms with Gasteiger partial charge in [0.2, 0.25) is 0 Å². The van der Waals surface area contributed by atoms with Gasteiger partial charge in [0, 0.05) is 18.2 Å². The van der Waals surface area contributed by atoms with Gasteiger partial charge in [0.05, 0.1) is 23.7 Å². The molecule has 10 heteroatoms. The molecule has 0 saturated carbocycles. The standard InChI is InChI=1S/C14H15ClFN3O5/c1-2-23-12-7(3-4-18-19-13(20)21)5-8(15)11(16)10(12)9-6-17-14(22)24-9/h4-5,9,19H,2-3,6H2,1H3,(H,17,22)(H,20,21)/b18-4+/t9-/m0/s1. The highest BCUT2D eigenvalue weighted by Gasteiger charge is 2.32. The summed E-state index contributed by atoms with van der Waals surface area (Å²) in [5.74, 6) is -0.534. The number of benzene rings is 1. The number of hydrogen-bond acceptors (Lipinski definition) is 5. The van der Waals surface area contributed by atoms with Crippen LogP contribution in [0.25, 0.3) is 0 Å². The lowest BCUT2D eigenvalue weighted by Gasteiger charge is -2.19. The number of ether oxygens (including phenoxy) is 2. The molecule has 0 spiro atoms. The summed E-state index contributed by atoms with van der Waals surface area (Å²) in [6, 6.07) is 1.36. The predicted octanol–water partition coefficient (Wildman–Crippen LogP) is 2.45. The SMILES string of the molecule is CCOc1c(C/C=N/NC(=O)O)cc(Cl)c(F)c1[C@@H]1CNC(=O)O1. The van der Waals surface area contributed by atoms with Crippen LogP contribution in [-0.2, 0) is 11.2 Å². The third-order valence-electron chi connectivity index (χ3n) is 3.14. The first-order valence-electron chi connectivity index (χ1n) is 7.02. The number of rotatable bonds is 6. The Morgan fingerprint density at radius 3 is 3.04 bits per heavy atom. The molecule has 24 heavy (non-hydrogen) atoms. The highest BCUT2D eigenvalue weighted by atomic mass is 35.5. The summed E-state index contributed by atoms with van der Waals surface area (Å²) >= 11 is 5.92. The fourth-order valence-electron chi connectivity index (χ4n) is 2.23. The zero-order valence-electron chi connectivity index (χ0n) is 12.6. The number of nitrogens with zero attached hydrogens (tertiary/aromatic N) is 1. The summed E-state index contributed by atoms with van der Waals surface area (Å²) < 4.78 is 25.0. The Morgan fingerprint density at radius 1 is 1.71 bits per heavy atom. The van der Waals surface area contributed by atoms with Crippen LogP contribution in [0.4, 0.5) is 14.0 Å². The topological polar surface area (TPSA) is 109 Å². The number of alkyl carbamates (subject to hydrolysis) is 1. The molecule has 0 aliphatic carbocycles. The number of halogens is 2. The second-order valence-corrected chi connectivity index (χ2v) is 5.12. The van der Waals surface area contributed by atoms with Crippen molar-refractivity contribution in [2.75, 3.05) is 13.2 Å². The van der Waals surface area contributed by atoms with Crippen molar-refractivity contribution in [1.82, 2.24) is 10.7 Å². The molecule has 2 rings (SSSR count). The van der Waals surface area contributed by atoms with Gasteiger partial charge in [-0.2, -0.15) is 5.10 Å². The average Bonchev–Trinajstić information content (AvgIpc) is 2.94. The predicted molar refractivity (Wildman–Crippen MR) is 83.2 cm³/mol. The number of hydrogen-bond donors (Lipinski definition) is 3. The summed E-state index contributed by atoms with van der Waals surface area (Å²) in [7, 11) is 0. The maximum atomic E-state index is 14.5. The van der Waals surface area contributed by atoms with Crippen molar-refractivity contribution in [3.63, 3.8) is 0 Å². The Balaban J connectivity index is 2.39. The third kappa shape index (κ3) is 4.05. The van der Waals surface area contributed by atoms with Gasteiger partial charge in [0.1, 0.15) is 5.75 Å². The number of cyclic esters (lactones) is 1. The number of hydrazone groups is 1. The maximum Gasteiger partial charge on any atom is 0.425 e. The van der Waals surface area contributed by atoms with Gasteiger partial charge in [-0.25, -0.2) is 19.4 Å². The zero-order valence-corrected chi connectivity index (χ0v) is 13.4. The molecule has 0 unspecified atom stereocenters. The van der Waals surface area contributed by atoms with Gasteiger partial charge in [0.25, 0.3) is 0 Å². The molecule has 3 N–H and O–H groups in total. The molecular weight excluding hydrogens is 345 g/mol. The molecule has 1 atom stereocenters. The van der Waals surface area contributed by atoms with E-state index in [1.165, 1.54) is 12.3 Å². The number of carboxylic acid groups (broad SMARTS) is 1. The van der Waals surface area contributed by atoms with Gasteiger partial charge in [-0.1, -0.05) is 11.6 Å². The summed E-state index contributed by atoms with van der Waals surface area (Å²) in [6.45, 7) is 2.06. The Bertz CT molecular complexity index is 683. The van der Waals surface area contributed by atoms with E-state index in [4.69, 9.17) is 26.2 Å². The molecule has 1 heterocycles. The van der Waals surface area contributed by atoms with Crippen molar-refractivity contribution in [1.29, 1.82) is 0 Å². The smallest absolute Gasteiger partial charge is 0.425 e. The fourth-order valence-corrected chi connectivity index (χ4v) is 2.47. The average molecular weight is 360 g/mol. The van der Waals surface area contributed by atoms with Crippen LogP contribution in [0, 0.1) is 5.82 Å². The molecule has 1 aromatic carbocycles. The summed E-state index contributed by atoms with van der Waals surface area (Å²) in [6.07, 6.45) is -1.42. The molecular formula is C14H15ClFN3O5. The van der Waals surface area contributed by atoms with E-state index in [9.17, 15) is 14.0 Å². The van der Waals surface area contributed by atoms with E-state index in [1.807, 2.05) is 5.43 Å². The molecule has 2 amide bonds. The highest BCUT2D eigenvalue weighted by Crippen LogP contribution is 2.38. The monoisotopic (exact) mass is 359 g/mol. The first-order chi connectivity index (χ1) is 11.4. The lowest BCUT2D eigenvalue weighted by Crippen LogP contribution is -2.15. The Hall–Kier alpha value is -2.55. The molecule has 1 aliphatic rings. The lowest BCUT2D eigenvalue weighted by molar-refractivity contribution is 0.137. The van der Waals surface area contributed by atoms with Crippen molar-refractivity contribution < 1.29 is 28.6 Å². The summed E-state index contributed by atoms with van der Waals surface area (Å²) in [4.78, 5) is 21.6. The molecule has 1 aliphatic heterocycles. The number of carbonyl (C=O) groups is 2. The van der Waals surface area contributed by atoms with Crippen LogP contribution in [0.3, 0.4) is 0 Å². The second-order valence-electron chi connectivity index (χ2n) is 4.71. The molecule has 0 radical (unpaired) electrons. The Morgan fingerprint density at radius 2 is 2.46 bits per heavy atom. The molecule has 8 nitrogen and oxygen atoms in total. The minimum atomic E-state index is -1.31. The minimum absolute atomic E-state index is 0.0392. The van der Waals surface area contributed by atoms with Crippen molar-refractivity contribution in [2.45, 2.75) is 19.4 Å². The molecule has 1 fully saturated rings. The quantitative estimate of drug-likeness (QED) is 0.534. The molecule has 1 aromatic rings. The minimum Gasteiger partial charge on any atom is -0.493 e. The van der Waals surface area contributed by atoms with E-state index in [0.717, 1.165) is 0 Å². The van der Waals surface area contributed by atoms with Crippen LogP contribution in [0.1, 0.15) is 24.2 Å². The zero-order chi connectivity index (χ0) is 17.7. The van der Waals surface area contributed by atoms with E-state index in [-0.39, 0.29) is 35.9 Å². The van der Waals surface area contributed by atoms with Crippen LogP contribution in [0.15, 0.2) is 11.2 Å². The Labute approximate surface area is 141 Å². The van der Waals surface area contributed by atoms with Gasteiger partial charge >= 0.3 is 12.2 Å². The van der Waals surface area contributed by atoms with Crippen LogP contribution in [0.5, 0.6) is 5.75 Å². The van der Waals surface area contributed by atoms with E-state index >= 15 is 0 Å². The molecule has 0 bridgehead atoms. The van der Waals surface area contributed by atoms with Crippen molar-refractivity contribution in [2.24, 2.45) is 5.10 Å². The highest BCUT2D eigenvalue weighted by molar-refractivity contribution is 6.31.